The lowest BCUT2D eigenvalue weighted by Crippen LogP contribution is -2.10. The molecule has 0 N–H and O–H groups in total. The number of aromatic nitrogens is 1. The van der Waals surface area contributed by atoms with E-state index in [9.17, 15) is 0 Å². The number of nitrogens with zero attached hydrogens (tertiary/aromatic N) is 2. The summed E-state index contributed by atoms with van der Waals surface area (Å²) < 4.78 is 0. The summed E-state index contributed by atoms with van der Waals surface area (Å²) in [5.74, 6) is 0.869. The summed E-state index contributed by atoms with van der Waals surface area (Å²) in [5, 5.41) is 0.521. The van der Waals surface area contributed by atoms with Crippen LogP contribution in [0.25, 0.3) is 11.1 Å². The first-order valence-corrected chi connectivity index (χ1v) is 5.86. The number of rotatable bonds is 2. The van der Waals surface area contributed by atoms with Crippen LogP contribution in [0.3, 0.4) is 0 Å². The summed E-state index contributed by atoms with van der Waals surface area (Å²) in [5.41, 5.74) is 3.50. The van der Waals surface area contributed by atoms with Crippen LogP contribution in [0.15, 0.2) is 36.4 Å². The summed E-state index contributed by atoms with van der Waals surface area (Å²) in [6.07, 6.45) is 0. The Morgan fingerprint density at radius 1 is 1.06 bits per heavy atom. The highest BCUT2D eigenvalue weighted by Gasteiger charge is 2.05. The molecule has 0 spiro atoms. The third-order valence-electron chi connectivity index (χ3n) is 2.59. The van der Waals surface area contributed by atoms with E-state index < -0.39 is 0 Å². The zero-order valence-electron chi connectivity index (χ0n) is 10.2. The zero-order chi connectivity index (χ0) is 12.4. The van der Waals surface area contributed by atoms with E-state index in [2.05, 4.69) is 30.1 Å². The highest BCUT2D eigenvalue weighted by molar-refractivity contribution is 6.29. The highest BCUT2D eigenvalue weighted by atomic mass is 35.5. The first kappa shape index (κ1) is 11.9. The Morgan fingerprint density at radius 2 is 1.82 bits per heavy atom. The summed E-state index contributed by atoms with van der Waals surface area (Å²) in [6, 6.07) is 12.3. The maximum Gasteiger partial charge on any atom is 0.132 e. The second-order valence-electron chi connectivity index (χ2n) is 4.30. The van der Waals surface area contributed by atoms with Gasteiger partial charge in [0, 0.05) is 14.1 Å². The highest BCUT2D eigenvalue weighted by Crippen LogP contribution is 2.26. The van der Waals surface area contributed by atoms with Crippen LogP contribution < -0.4 is 4.90 Å². The average Bonchev–Trinajstić information content (AvgIpc) is 2.28. The van der Waals surface area contributed by atoms with Crippen LogP contribution in [0.2, 0.25) is 5.15 Å². The van der Waals surface area contributed by atoms with E-state index in [1.165, 1.54) is 5.56 Å². The van der Waals surface area contributed by atoms with Gasteiger partial charge < -0.3 is 4.90 Å². The molecule has 17 heavy (non-hydrogen) atoms. The molecule has 0 fully saturated rings. The smallest absolute Gasteiger partial charge is 0.132 e. The van der Waals surface area contributed by atoms with Gasteiger partial charge in [0.15, 0.2) is 0 Å². The van der Waals surface area contributed by atoms with Gasteiger partial charge >= 0.3 is 0 Å². The zero-order valence-corrected chi connectivity index (χ0v) is 11.0. The van der Waals surface area contributed by atoms with Gasteiger partial charge in [-0.1, -0.05) is 41.4 Å². The van der Waals surface area contributed by atoms with Gasteiger partial charge in [0.2, 0.25) is 0 Å². The van der Waals surface area contributed by atoms with Gasteiger partial charge in [-0.15, -0.1) is 0 Å². The lowest BCUT2D eigenvalue weighted by atomic mass is 10.0. The van der Waals surface area contributed by atoms with Gasteiger partial charge in [-0.2, -0.15) is 0 Å². The standard InChI is InChI=1S/C14H15ClN2/c1-10-5-4-6-11(7-10)12-8-13(15)16-14(9-12)17(2)3/h4-9H,1-3H3. The van der Waals surface area contributed by atoms with Gasteiger partial charge in [0.25, 0.3) is 0 Å². The van der Waals surface area contributed by atoms with Crippen molar-refractivity contribution in [1.82, 2.24) is 4.98 Å². The predicted octanol–water partition coefficient (Wildman–Crippen LogP) is 3.78. The molecule has 0 aliphatic rings. The summed E-state index contributed by atoms with van der Waals surface area (Å²) in [7, 11) is 3.91. The van der Waals surface area contributed by atoms with Crippen LogP contribution in [-0.2, 0) is 0 Å². The van der Waals surface area contributed by atoms with Crippen LogP contribution in [0.4, 0.5) is 5.82 Å². The number of hydrogen-bond acceptors (Lipinski definition) is 2. The fourth-order valence-electron chi connectivity index (χ4n) is 1.70. The molecule has 1 aromatic heterocycles. The maximum absolute atomic E-state index is 6.05. The number of anilines is 1. The molecule has 0 radical (unpaired) electrons. The molecule has 0 amide bonds. The molecule has 1 aromatic carbocycles. The predicted molar refractivity (Wildman–Crippen MR) is 73.7 cm³/mol. The Balaban J connectivity index is 2.52. The van der Waals surface area contributed by atoms with Gasteiger partial charge in [-0.05, 0) is 30.2 Å². The molecule has 0 saturated heterocycles. The molecule has 0 aliphatic carbocycles. The molecule has 3 heteroatoms. The number of hydrogen-bond donors (Lipinski definition) is 0. The molecule has 0 atom stereocenters. The van der Waals surface area contributed by atoms with Gasteiger partial charge in [-0.25, -0.2) is 4.98 Å². The Morgan fingerprint density at radius 3 is 2.47 bits per heavy atom. The molecule has 0 bridgehead atoms. The normalized spacial score (nSPS) is 10.4. The van der Waals surface area contributed by atoms with Crippen molar-refractivity contribution in [3.63, 3.8) is 0 Å². The van der Waals surface area contributed by atoms with Crippen molar-refractivity contribution in [2.45, 2.75) is 6.92 Å². The van der Waals surface area contributed by atoms with E-state index in [-0.39, 0.29) is 0 Å². The molecular weight excluding hydrogens is 232 g/mol. The molecule has 2 nitrogen and oxygen atoms in total. The molecule has 2 aromatic rings. The summed E-state index contributed by atoms with van der Waals surface area (Å²) in [6.45, 7) is 2.08. The minimum Gasteiger partial charge on any atom is -0.363 e. The number of halogens is 1. The fraction of sp³-hybridized carbons (Fsp3) is 0.214. The molecule has 0 unspecified atom stereocenters. The number of aryl methyl sites for hydroxylation is 1. The van der Waals surface area contributed by atoms with E-state index in [1.54, 1.807) is 0 Å². The molecule has 0 aliphatic heterocycles. The van der Waals surface area contributed by atoms with Crippen molar-refractivity contribution in [2.75, 3.05) is 19.0 Å². The lowest BCUT2D eigenvalue weighted by Gasteiger charge is -2.13. The lowest BCUT2D eigenvalue weighted by molar-refractivity contribution is 1.07. The minimum atomic E-state index is 0.521. The van der Waals surface area contributed by atoms with Crippen LogP contribution >= 0.6 is 11.6 Å². The molecule has 0 saturated carbocycles. The molecule has 1 heterocycles. The molecule has 88 valence electrons. The largest absolute Gasteiger partial charge is 0.363 e. The molecule has 2 rings (SSSR count). The third kappa shape index (κ3) is 2.77. The van der Waals surface area contributed by atoms with E-state index >= 15 is 0 Å². The van der Waals surface area contributed by atoms with Crippen LogP contribution in [0, 0.1) is 6.92 Å². The number of pyridine rings is 1. The van der Waals surface area contributed by atoms with E-state index in [0.717, 1.165) is 16.9 Å². The monoisotopic (exact) mass is 246 g/mol. The summed E-state index contributed by atoms with van der Waals surface area (Å²) in [4.78, 5) is 6.22. The second kappa shape index (κ2) is 4.76. The van der Waals surface area contributed by atoms with E-state index in [4.69, 9.17) is 11.6 Å². The van der Waals surface area contributed by atoms with Crippen molar-refractivity contribution < 1.29 is 0 Å². The maximum atomic E-state index is 6.05. The quantitative estimate of drug-likeness (QED) is 0.750. The number of benzene rings is 1. The van der Waals surface area contributed by atoms with Crippen molar-refractivity contribution in [3.05, 3.63) is 47.1 Å². The van der Waals surface area contributed by atoms with Gasteiger partial charge in [-0.3, -0.25) is 0 Å². The Hall–Kier alpha value is -1.54. The van der Waals surface area contributed by atoms with Crippen molar-refractivity contribution >= 4 is 17.4 Å². The van der Waals surface area contributed by atoms with Crippen molar-refractivity contribution in [1.29, 1.82) is 0 Å². The topological polar surface area (TPSA) is 16.1 Å². The van der Waals surface area contributed by atoms with E-state index in [1.807, 2.05) is 37.2 Å². The first-order chi connectivity index (χ1) is 8.06. The van der Waals surface area contributed by atoms with Crippen LogP contribution in [-0.4, -0.2) is 19.1 Å². The van der Waals surface area contributed by atoms with Crippen LogP contribution in [0.1, 0.15) is 5.56 Å². The third-order valence-corrected chi connectivity index (χ3v) is 2.78. The SMILES string of the molecule is Cc1cccc(-c2cc(Cl)nc(N(C)C)c2)c1. The van der Waals surface area contributed by atoms with E-state index in [0.29, 0.717) is 5.15 Å². The first-order valence-electron chi connectivity index (χ1n) is 5.48. The minimum absolute atomic E-state index is 0.521. The average molecular weight is 247 g/mol. The fourth-order valence-corrected chi connectivity index (χ4v) is 1.91. The Labute approximate surface area is 107 Å². The molecular formula is C14H15ClN2. The summed E-state index contributed by atoms with van der Waals surface area (Å²) >= 11 is 6.05. The Bertz CT molecular complexity index is 535. The van der Waals surface area contributed by atoms with Crippen LogP contribution in [0.5, 0.6) is 0 Å². The van der Waals surface area contributed by atoms with Gasteiger partial charge in [0.05, 0.1) is 0 Å². The second-order valence-corrected chi connectivity index (χ2v) is 4.69. The van der Waals surface area contributed by atoms with Crippen molar-refractivity contribution in [2.24, 2.45) is 0 Å². The van der Waals surface area contributed by atoms with Crippen molar-refractivity contribution in [3.8, 4) is 11.1 Å². The Kier molecular flexibility index (Phi) is 3.34. The van der Waals surface area contributed by atoms with Gasteiger partial charge in [0.1, 0.15) is 11.0 Å².